The van der Waals surface area contributed by atoms with E-state index in [4.69, 9.17) is 5.11 Å². The van der Waals surface area contributed by atoms with Gasteiger partial charge in [-0.25, -0.2) is 13.1 Å². The van der Waals surface area contributed by atoms with Crippen molar-refractivity contribution in [2.45, 2.75) is 42.9 Å². The van der Waals surface area contributed by atoms with Crippen molar-refractivity contribution in [2.75, 3.05) is 12.3 Å². The molecule has 1 unspecified atom stereocenters. The molecule has 1 aromatic rings. The molecule has 0 spiro atoms. The van der Waals surface area contributed by atoms with Gasteiger partial charge in [-0.1, -0.05) is 0 Å². The number of sulfonamides is 1. The SMILES string of the molecule is Cc1[nH]nc(CO)c1S(=O)(=O)NCC1(C)CCCS1. The zero-order valence-electron chi connectivity index (χ0n) is 11.1. The second-order valence-corrected chi connectivity index (χ2v) is 8.40. The Kier molecular flexibility index (Phi) is 4.24. The molecule has 108 valence electrons. The minimum atomic E-state index is -3.63. The average molecular weight is 305 g/mol. The number of aryl methyl sites for hydroxylation is 1. The van der Waals surface area contributed by atoms with E-state index in [0.29, 0.717) is 12.2 Å². The van der Waals surface area contributed by atoms with Gasteiger partial charge in [-0.05, 0) is 32.4 Å². The maximum atomic E-state index is 12.3. The summed E-state index contributed by atoms with van der Waals surface area (Å²) in [5, 5.41) is 15.5. The highest BCUT2D eigenvalue weighted by Crippen LogP contribution is 2.37. The summed E-state index contributed by atoms with van der Waals surface area (Å²) in [5.74, 6) is 1.07. The number of H-pyrrole nitrogens is 1. The van der Waals surface area contributed by atoms with Gasteiger partial charge in [-0.2, -0.15) is 16.9 Å². The fraction of sp³-hybridized carbons (Fsp3) is 0.727. The third kappa shape index (κ3) is 3.13. The van der Waals surface area contributed by atoms with Gasteiger partial charge in [0.2, 0.25) is 10.0 Å². The molecular weight excluding hydrogens is 286 g/mol. The molecule has 2 heterocycles. The van der Waals surface area contributed by atoms with Crippen molar-refractivity contribution >= 4 is 21.8 Å². The van der Waals surface area contributed by atoms with Crippen LogP contribution in [0, 0.1) is 6.92 Å². The fourth-order valence-electron chi connectivity index (χ4n) is 2.23. The molecule has 0 amide bonds. The van der Waals surface area contributed by atoms with E-state index in [1.807, 2.05) is 0 Å². The number of aromatic amines is 1. The van der Waals surface area contributed by atoms with Crippen LogP contribution in [-0.4, -0.2) is 40.8 Å². The molecule has 6 nitrogen and oxygen atoms in total. The number of hydrogen-bond acceptors (Lipinski definition) is 5. The lowest BCUT2D eigenvalue weighted by Gasteiger charge is -2.22. The summed E-state index contributed by atoms with van der Waals surface area (Å²) in [6, 6.07) is 0. The molecule has 3 N–H and O–H groups in total. The van der Waals surface area contributed by atoms with E-state index in [0.717, 1.165) is 18.6 Å². The minimum Gasteiger partial charge on any atom is -0.390 e. The number of thioether (sulfide) groups is 1. The first-order chi connectivity index (χ1) is 8.88. The van der Waals surface area contributed by atoms with Crippen molar-refractivity contribution in [3.05, 3.63) is 11.4 Å². The lowest BCUT2D eigenvalue weighted by atomic mass is 10.1. The van der Waals surface area contributed by atoms with Crippen molar-refractivity contribution in [3.63, 3.8) is 0 Å². The van der Waals surface area contributed by atoms with Crippen LogP contribution in [0.5, 0.6) is 0 Å². The van der Waals surface area contributed by atoms with Crippen LogP contribution in [0.4, 0.5) is 0 Å². The van der Waals surface area contributed by atoms with Gasteiger partial charge >= 0.3 is 0 Å². The highest BCUT2D eigenvalue weighted by Gasteiger charge is 2.32. The molecule has 1 aliphatic heterocycles. The number of aliphatic hydroxyl groups excluding tert-OH is 1. The summed E-state index contributed by atoms with van der Waals surface area (Å²) in [4.78, 5) is 0.0709. The summed E-state index contributed by atoms with van der Waals surface area (Å²) >= 11 is 1.80. The summed E-state index contributed by atoms with van der Waals surface area (Å²) in [6.45, 7) is 3.71. The third-order valence-electron chi connectivity index (χ3n) is 3.32. The predicted octanol–water partition coefficient (Wildman–Crippen LogP) is 0.774. The van der Waals surface area contributed by atoms with Crippen molar-refractivity contribution < 1.29 is 13.5 Å². The standard InChI is InChI=1S/C11H19N3O3S2/c1-8-10(9(6-15)14-13-8)19(16,17)12-7-11(2)4-3-5-18-11/h12,15H,3-7H2,1-2H3,(H,13,14). The molecule has 19 heavy (non-hydrogen) atoms. The molecule has 8 heteroatoms. The maximum Gasteiger partial charge on any atom is 0.244 e. The topological polar surface area (TPSA) is 95.1 Å². The summed E-state index contributed by atoms with van der Waals surface area (Å²) in [7, 11) is -3.63. The van der Waals surface area contributed by atoms with E-state index in [1.165, 1.54) is 0 Å². The molecule has 1 atom stereocenters. The highest BCUT2D eigenvalue weighted by atomic mass is 32.2. The van der Waals surface area contributed by atoms with Crippen molar-refractivity contribution in [3.8, 4) is 0 Å². The first-order valence-corrected chi connectivity index (χ1v) is 8.63. The van der Waals surface area contributed by atoms with E-state index in [2.05, 4.69) is 21.8 Å². The van der Waals surface area contributed by atoms with E-state index >= 15 is 0 Å². The van der Waals surface area contributed by atoms with Gasteiger partial charge in [0.05, 0.1) is 12.3 Å². The first-order valence-electron chi connectivity index (χ1n) is 6.16. The van der Waals surface area contributed by atoms with Gasteiger partial charge in [-0.3, -0.25) is 5.10 Å². The van der Waals surface area contributed by atoms with Crippen LogP contribution >= 0.6 is 11.8 Å². The van der Waals surface area contributed by atoms with Gasteiger partial charge in [-0.15, -0.1) is 0 Å². The van der Waals surface area contributed by atoms with Gasteiger partial charge in [0.1, 0.15) is 10.6 Å². The quantitative estimate of drug-likeness (QED) is 0.747. The number of nitrogens with zero attached hydrogens (tertiary/aromatic N) is 1. The zero-order valence-corrected chi connectivity index (χ0v) is 12.7. The Hall–Kier alpha value is -0.570. The molecule has 1 aliphatic rings. The summed E-state index contributed by atoms with van der Waals surface area (Å²) in [6.07, 6.45) is 2.13. The van der Waals surface area contributed by atoms with Gasteiger partial charge in [0.15, 0.2) is 0 Å². The molecular formula is C11H19N3O3S2. The molecule has 1 fully saturated rings. The molecule has 0 bridgehead atoms. The normalized spacial score (nSPS) is 23.9. The monoisotopic (exact) mass is 305 g/mol. The number of hydrogen-bond donors (Lipinski definition) is 3. The maximum absolute atomic E-state index is 12.3. The zero-order chi connectivity index (χ0) is 14.1. The minimum absolute atomic E-state index is 0.0376. The van der Waals surface area contributed by atoms with E-state index in [1.54, 1.807) is 18.7 Å². The van der Waals surface area contributed by atoms with Crippen LogP contribution in [0.2, 0.25) is 0 Å². The molecule has 0 aromatic carbocycles. The second-order valence-electron chi connectivity index (χ2n) is 5.01. The molecule has 1 saturated heterocycles. The average Bonchev–Trinajstić information content (AvgIpc) is 2.94. The van der Waals surface area contributed by atoms with Crippen LogP contribution in [0.1, 0.15) is 31.2 Å². The van der Waals surface area contributed by atoms with E-state index in [9.17, 15) is 8.42 Å². The van der Waals surface area contributed by atoms with Crippen LogP contribution in [0.3, 0.4) is 0 Å². The van der Waals surface area contributed by atoms with Gasteiger partial charge in [0, 0.05) is 11.3 Å². The summed E-state index contributed by atoms with van der Waals surface area (Å²) in [5.41, 5.74) is 0.606. The van der Waals surface area contributed by atoms with Crippen LogP contribution in [0.15, 0.2) is 4.90 Å². The largest absolute Gasteiger partial charge is 0.390 e. The van der Waals surface area contributed by atoms with Crippen LogP contribution in [-0.2, 0) is 16.6 Å². The number of rotatable bonds is 5. The highest BCUT2D eigenvalue weighted by molar-refractivity contribution is 8.01. The molecule has 0 aliphatic carbocycles. The van der Waals surface area contributed by atoms with Crippen LogP contribution < -0.4 is 4.72 Å². The summed E-state index contributed by atoms with van der Waals surface area (Å²) < 4.78 is 27.2. The number of nitrogens with one attached hydrogen (secondary N) is 2. The van der Waals surface area contributed by atoms with Crippen molar-refractivity contribution in [1.29, 1.82) is 0 Å². The third-order valence-corrected chi connectivity index (χ3v) is 6.46. The predicted molar refractivity (Wildman–Crippen MR) is 74.5 cm³/mol. The fourth-order valence-corrected chi connectivity index (χ4v) is 5.09. The molecule has 0 saturated carbocycles. The number of aliphatic hydroxyl groups is 1. The van der Waals surface area contributed by atoms with Crippen LogP contribution in [0.25, 0.3) is 0 Å². The Morgan fingerprint density at radius 2 is 2.32 bits per heavy atom. The molecule has 1 aromatic heterocycles. The molecule has 0 radical (unpaired) electrons. The Bertz CT molecular complexity index is 548. The van der Waals surface area contributed by atoms with E-state index < -0.39 is 16.6 Å². The Labute approximate surface area is 117 Å². The lowest BCUT2D eigenvalue weighted by Crippen LogP contribution is -2.37. The van der Waals surface area contributed by atoms with Gasteiger partial charge < -0.3 is 5.11 Å². The lowest BCUT2D eigenvalue weighted by molar-refractivity contribution is 0.273. The number of aromatic nitrogens is 2. The first kappa shape index (κ1) is 14.8. The Balaban J connectivity index is 2.16. The van der Waals surface area contributed by atoms with Gasteiger partial charge in [0.25, 0.3) is 0 Å². The van der Waals surface area contributed by atoms with Crippen molar-refractivity contribution in [2.24, 2.45) is 0 Å². The Morgan fingerprint density at radius 1 is 1.58 bits per heavy atom. The molecule has 2 rings (SSSR count). The van der Waals surface area contributed by atoms with Crippen molar-refractivity contribution in [1.82, 2.24) is 14.9 Å². The Morgan fingerprint density at radius 3 is 2.89 bits per heavy atom. The smallest absolute Gasteiger partial charge is 0.244 e. The second kappa shape index (κ2) is 5.43. The van der Waals surface area contributed by atoms with E-state index in [-0.39, 0.29) is 15.3 Å².